The van der Waals surface area contributed by atoms with Gasteiger partial charge in [0.1, 0.15) is 5.75 Å². The molecule has 0 heterocycles. The van der Waals surface area contributed by atoms with Gasteiger partial charge in [-0.25, -0.2) is 0 Å². The lowest BCUT2D eigenvalue weighted by Crippen LogP contribution is -2.14. The Morgan fingerprint density at radius 2 is 2.05 bits per heavy atom. The SMILES string of the molecule is Cc1c(O)cccc1C(=O)Nc1ccc(Br)cc1N. The Kier molecular flexibility index (Phi) is 3.76. The predicted molar refractivity (Wildman–Crippen MR) is 79.4 cm³/mol. The fourth-order valence-electron chi connectivity index (χ4n) is 1.71. The predicted octanol–water partition coefficient (Wildman–Crippen LogP) is 3.30. The number of amides is 1. The van der Waals surface area contributed by atoms with Gasteiger partial charge in [-0.1, -0.05) is 22.0 Å². The first-order valence-corrected chi connectivity index (χ1v) is 6.43. The van der Waals surface area contributed by atoms with Gasteiger partial charge in [-0.2, -0.15) is 0 Å². The van der Waals surface area contributed by atoms with Gasteiger partial charge in [0.05, 0.1) is 11.4 Å². The first kappa shape index (κ1) is 13.4. The van der Waals surface area contributed by atoms with Crippen LogP contribution in [-0.4, -0.2) is 11.0 Å². The second-order valence-corrected chi connectivity index (χ2v) is 5.05. The molecule has 5 heteroatoms. The van der Waals surface area contributed by atoms with E-state index in [9.17, 15) is 9.90 Å². The molecule has 0 spiro atoms. The van der Waals surface area contributed by atoms with Crippen molar-refractivity contribution in [2.75, 3.05) is 11.1 Å². The van der Waals surface area contributed by atoms with Gasteiger partial charge in [0.15, 0.2) is 0 Å². The molecule has 4 N–H and O–H groups in total. The summed E-state index contributed by atoms with van der Waals surface area (Å²) in [6.45, 7) is 1.69. The van der Waals surface area contributed by atoms with Crippen LogP contribution in [0, 0.1) is 6.92 Å². The van der Waals surface area contributed by atoms with E-state index in [1.807, 2.05) is 0 Å². The molecule has 0 aliphatic carbocycles. The fourth-order valence-corrected chi connectivity index (χ4v) is 2.09. The number of phenols is 1. The Labute approximate surface area is 119 Å². The van der Waals surface area contributed by atoms with Gasteiger partial charge in [-0.05, 0) is 37.3 Å². The average molecular weight is 321 g/mol. The number of benzene rings is 2. The zero-order valence-electron chi connectivity index (χ0n) is 10.3. The minimum absolute atomic E-state index is 0.0939. The van der Waals surface area contributed by atoms with E-state index in [1.165, 1.54) is 0 Å². The monoisotopic (exact) mass is 320 g/mol. The molecule has 0 bridgehead atoms. The minimum atomic E-state index is -0.303. The number of nitrogen functional groups attached to an aromatic ring is 1. The Balaban J connectivity index is 2.28. The van der Waals surface area contributed by atoms with Crippen LogP contribution in [0.5, 0.6) is 5.75 Å². The summed E-state index contributed by atoms with van der Waals surface area (Å²) in [5.74, 6) is -0.209. The highest BCUT2D eigenvalue weighted by molar-refractivity contribution is 9.10. The molecule has 4 nitrogen and oxygen atoms in total. The Morgan fingerprint density at radius 1 is 1.32 bits per heavy atom. The van der Waals surface area contributed by atoms with Crippen LogP contribution in [0.1, 0.15) is 15.9 Å². The first-order chi connectivity index (χ1) is 8.99. The summed E-state index contributed by atoms with van der Waals surface area (Å²) in [5, 5.41) is 12.3. The van der Waals surface area contributed by atoms with E-state index in [0.717, 1.165) is 4.47 Å². The minimum Gasteiger partial charge on any atom is -0.508 e. The summed E-state index contributed by atoms with van der Waals surface area (Å²) in [4.78, 5) is 12.1. The van der Waals surface area contributed by atoms with Gasteiger partial charge in [0.2, 0.25) is 0 Å². The highest BCUT2D eigenvalue weighted by atomic mass is 79.9. The van der Waals surface area contributed by atoms with Crippen LogP contribution in [0.2, 0.25) is 0 Å². The normalized spacial score (nSPS) is 10.2. The summed E-state index contributed by atoms with van der Waals surface area (Å²) < 4.78 is 0.844. The molecule has 1 amide bonds. The number of carbonyl (C=O) groups excluding carboxylic acids is 1. The highest BCUT2D eigenvalue weighted by Crippen LogP contribution is 2.25. The van der Waals surface area contributed by atoms with Gasteiger partial charge in [-0.15, -0.1) is 0 Å². The summed E-state index contributed by atoms with van der Waals surface area (Å²) >= 11 is 3.30. The molecule has 2 aromatic rings. The number of nitrogens with one attached hydrogen (secondary N) is 1. The lowest BCUT2D eigenvalue weighted by Gasteiger charge is -2.10. The third-order valence-corrected chi connectivity index (χ3v) is 3.30. The lowest BCUT2D eigenvalue weighted by molar-refractivity contribution is 0.102. The molecule has 2 rings (SSSR count). The maximum atomic E-state index is 12.1. The van der Waals surface area contributed by atoms with Crippen LogP contribution in [0.15, 0.2) is 40.9 Å². The van der Waals surface area contributed by atoms with Crippen molar-refractivity contribution in [1.29, 1.82) is 0 Å². The van der Waals surface area contributed by atoms with Gasteiger partial charge in [-0.3, -0.25) is 4.79 Å². The standard InChI is InChI=1S/C14H13BrN2O2/c1-8-10(3-2-4-13(8)18)14(19)17-12-6-5-9(15)7-11(12)16/h2-7,18H,16H2,1H3,(H,17,19). The molecule has 0 atom stereocenters. The molecule has 19 heavy (non-hydrogen) atoms. The van der Waals surface area contributed by atoms with Crippen molar-refractivity contribution in [3.05, 3.63) is 52.0 Å². The first-order valence-electron chi connectivity index (χ1n) is 5.64. The van der Waals surface area contributed by atoms with Crippen molar-refractivity contribution in [3.63, 3.8) is 0 Å². The van der Waals surface area contributed by atoms with Crippen LogP contribution in [0.25, 0.3) is 0 Å². The van der Waals surface area contributed by atoms with Gasteiger partial charge in [0.25, 0.3) is 5.91 Å². The molecule has 0 aliphatic heterocycles. The molecule has 0 radical (unpaired) electrons. The number of hydrogen-bond donors (Lipinski definition) is 3. The quantitative estimate of drug-likeness (QED) is 0.743. The average Bonchev–Trinajstić information content (AvgIpc) is 2.36. The third-order valence-electron chi connectivity index (χ3n) is 2.81. The molecule has 0 fully saturated rings. The van der Waals surface area contributed by atoms with Crippen LogP contribution in [-0.2, 0) is 0 Å². The van der Waals surface area contributed by atoms with E-state index in [0.29, 0.717) is 22.5 Å². The molecule has 0 aromatic heterocycles. The third kappa shape index (κ3) is 2.88. The maximum Gasteiger partial charge on any atom is 0.256 e. The van der Waals surface area contributed by atoms with E-state index < -0.39 is 0 Å². The molecule has 98 valence electrons. The fraction of sp³-hybridized carbons (Fsp3) is 0.0714. The van der Waals surface area contributed by atoms with Gasteiger partial charge < -0.3 is 16.2 Å². The molecular formula is C14H13BrN2O2. The zero-order chi connectivity index (χ0) is 14.0. The van der Waals surface area contributed by atoms with E-state index in [1.54, 1.807) is 43.3 Å². The topological polar surface area (TPSA) is 75.3 Å². The van der Waals surface area contributed by atoms with Crippen molar-refractivity contribution in [1.82, 2.24) is 0 Å². The summed E-state index contributed by atoms with van der Waals surface area (Å²) in [6.07, 6.45) is 0. The lowest BCUT2D eigenvalue weighted by atomic mass is 10.1. The van der Waals surface area contributed by atoms with Gasteiger partial charge in [0, 0.05) is 15.6 Å². The number of carbonyl (C=O) groups is 1. The summed E-state index contributed by atoms with van der Waals surface area (Å²) in [5.41, 5.74) is 7.79. The van der Waals surface area contributed by atoms with Crippen molar-refractivity contribution in [2.45, 2.75) is 6.92 Å². The largest absolute Gasteiger partial charge is 0.508 e. The number of nitrogens with two attached hydrogens (primary N) is 1. The van der Waals surface area contributed by atoms with E-state index in [-0.39, 0.29) is 11.7 Å². The zero-order valence-corrected chi connectivity index (χ0v) is 11.9. The van der Waals surface area contributed by atoms with Crippen molar-refractivity contribution in [2.24, 2.45) is 0 Å². The van der Waals surface area contributed by atoms with Gasteiger partial charge >= 0.3 is 0 Å². The summed E-state index contributed by atoms with van der Waals surface area (Å²) in [6, 6.07) is 10.0. The Morgan fingerprint density at radius 3 is 2.74 bits per heavy atom. The van der Waals surface area contributed by atoms with Crippen LogP contribution in [0.4, 0.5) is 11.4 Å². The number of anilines is 2. The second-order valence-electron chi connectivity index (χ2n) is 4.14. The molecule has 0 saturated carbocycles. The highest BCUT2D eigenvalue weighted by Gasteiger charge is 2.12. The Bertz CT molecular complexity index is 641. The number of halogens is 1. The molecule has 0 aliphatic rings. The van der Waals surface area contributed by atoms with Crippen molar-refractivity contribution >= 4 is 33.2 Å². The number of aromatic hydroxyl groups is 1. The molecule has 2 aromatic carbocycles. The number of phenolic OH excluding ortho intramolecular Hbond substituents is 1. The second kappa shape index (κ2) is 5.32. The van der Waals surface area contributed by atoms with Crippen LogP contribution < -0.4 is 11.1 Å². The van der Waals surface area contributed by atoms with Crippen molar-refractivity contribution in [3.8, 4) is 5.75 Å². The van der Waals surface area contributed by atoms with E-state index in [4.69, 9.17) is 5.73 Å². The van der Waals surface area contributed by atoms with E-state index >= 15 is 0 Å². The van der Waals surface area contributed by atoms with Crippen LogP contribution in [0.3, 0.4) is 0 Å². The molecular weight excluding hydrogens is 308 g/mol. The molecule has 0 unspecified atom stereocenters. The summed E-state index contributed by atoms with van der Waals surface area (Å²) in [7, 11) is 0. The smallest absolute Gasteiger partial charge is 0.256 e. The number of rotatable bonds is 2. The molecule has 0 saturated heterocycles. The maximum absolute atomic E-state index is 12.1. The van der Waals surface area contributed by atoms with Crippen molar-refractivity contribution < 1.29 is 9.90 Å². The van der Waals surface area contributed by atoms with E-state index in [2.05, 4.69) is 21.2 Å². The number of hydrogen-bond acceptors (Lipinski definition) is 3. The Hall–Kier alpha value is -2.01. The van der Waals surface area contributed by atoms with Crippen LogP contribution >= 0.6 is 15.9 Å².